The number of unbranched alkanes of at least 4 members (excludes halogenated alkanes) is 1. The van der Waals surface area contributed by atoms with Crippen molar-refractivity contribution in [1.82, 2.24) is 4.90 Å². The smallest absolute Gasteiger partial charge is 0.222 e. The van der Waals surface area contributed by atoms with E-state index in [0.29, 0.717) is 32.2 Å². The van der Waals surface area contributed by atoms with Gasteiger partial charge in [-0.3, -0.25) is 4.79 Å². The Morgan fingerprint density at radius 1 is 1.48 bits per heavy atom. The van der Waals surface area contributed by atoms with Gasteiger partial charge < -0.3 is 14.4 Å². The summed E-state index contributed by atoms with van der Waals surface area (Å²) < 4.78 is 18.9. The van der Waals surface area contributed by atoms with Crippen LogP contribution in [0.2, 0.25) is 0 Å². The molecule has 1 unspecified atom stereocenters. The molecule has 0 aliphatic heterocycles. The molecule has 0 saturated carbocycles. The second-order valence-corrected chi connectivity index (χ2v) is 5.36. The number of carbonyl (C=O) groups excluding carboxylic acids is 2. The van der Waals surface area contributed by atoms with Crippen molar-refractivity contribution in [1.29, 1.82) is 0 Å². The molecule has 0 bridgehead atoms. The molecule has 0 heterocycles. The van der Waals surface area contributed by atoms with Gasteiger partial charge in [0.1, 0.15) is 6.29 Å². The fraction of sp³-hybridized carbons (Fsp3) is 0.444. The van der Waals surface area contributed by atoms with Crippen LogP contribution in [0.4, 0.5) is 4.39 Å². The second-order valence-electron chi connectivity index (χ2n) is 5.36. The molecule has 23 heavy (non-hydrogen) atoms. The molecule has 1 rings (SSSR count). The number of nitrogens with zero attached hydrogens (tertiary/aromatic N) is 1. The Bertz CT molecular complexity index is 580. The van der Waals surface area contributed by atoms with Crippen LogP contribution in [0.25, 0.3) is 0 Å². The van der Waals surface area contributed by atoms with Crippen molar-refractivity contribution in [3.8, 4) is 18.1 Å². The van der Waals surface area contributed by atoms with Crippen molar-refractivity contribution < 1.29 is 18.7 Å². The van der Waals surface area contributed by atoms with Gasteiger partial charge in [-0.2, -0.15) is 0 Å². The summed E-state index contributed by atoms with van der Waals surface area (Å²) in [6.07, 6.45) is 7.57. The minimum atomic E-state index is -0.578. The number of halogens is 1. The fourth-order valence-corrected chi connectivity index (χ4v) is 2.04. The molecule has 0 aromatic heterocycles. The molecule has 0 aliphatic carbocycles. The zero-order chi connectivity index (χ0) is 17.2. The molecule has 0 aliphatic rings. The minimum absolute atomic E-state index is 0.140. The van der Waals surface area contributed by atoms with Crippen LogP contribution in [0, 0.1) is 25.1 Å². The molecule has 0 spiro atoms. The molecule has 1 amide bonds. The summed E-state index contributed by atoms with van der Waals surface area (Å²) in [6, 6.07) is 4.21. The summed E-state index contributed by atoms with van der Waals surface area (Å²) in [4.78, 5) is 24.2. The van der Waals surface area contributed by atoms with Crippen LogP contribution in [0.3, 0.4) is 0 Å². The second kappa shape index (κ2) is 9.62. The van der Waals surface area contributed by atoms with E-state index in [1.807, 2.05) is 6.92 Å². The van der Waals surface area contributed by atoms with E-state index in [9.17, 15) is 14.0 Å². The Hall–Kier alpha value is -2.35. The molecule has 4 nitrogen and oxygen atoms in total. The summed E-state index contributed by atoms with van der Waals surface area (Å²) in [7, 11) is 1.57. The van der Waals surface area contributed by atoms with Crippen molar-refractivity contribution in [3.63, 3.8) is 0 Å². The topological polar surface area (TPSA) is 46.6 Å². The molecule has 5 heteroatoms. The van der Waals surface area contributed by atoms with Gasteiger partial charge in [0, 0.05) is 19.9 Å². The molecule has 1 atom stereocenters. The number of carbonyl (C=O) groups is 2. The summed E-state index contributed by atoms with van der Waals surface area (Å²) in [5.41, 5.74) is 0.834. The number of likely N-dealkylation sites (N-methyl/N-ethyl adjacent to an activating group) is 1. The first-order valence-electron chi connectivity index (χ1n) is 7.53. The Labute approximate surface area is 136 Å². The van der Waals surface area contributed by atoms with Gasteiger partial charge in [-0.25, -0.2) is 4.39 Å². The average Bonchev–Trinajstić information content (AvgIpc) is 2.53. The Morgan fingerprint density at radius 2 is 2.22 bits per heavy atom. The predicted molar refractivity (Wildman–Crippen MR) is 86.6 cm³/mol. The maximum Gasteiger partial charge on any atom is 0.222 e. The van der Waals surface area contributed by atoms with Crippen LogP contribution in [0.15, 0.2) is 18.2 Å². The molecular weight excluding hydrogens is 297 g/mol. The maximum absolute atomic E-state index is 13.6. The number of aryl methyl sites for hydroxylation is 1. The average molecular weight is 319 g/mol. The summed E-state index contributed by atoms with van der Waals surface area (Å²) in [5.74, 6) is 2.07. The van der Waals surface area contributed by atoms with E-state index in [-0.39, 0.29) is 23.9 Å². The van der Waals surface area contributed by atoms with Crippen LogP contribution < -0.4 is 4.74 Å². The first-order chi connectivity index (χ1) is 11.0. The highest BCUT2D eigenvalue weighted by atomic mass is 19.1. The van der Waals surface area contributed by atoms with Crippen LogP contribution in [-0.4, -0.2) is 36.8 Å². The van der Waals surface area contributed by atoms with Gasteiger partial charge >= 0.3 is 0 Å². The molecule has 0 N–H and O–H groups in total. The number of ether oxygens (including phenoxy) is 1. The normalized spacial score (nSPS) is 11.4. The number of terminal acetylenes is 1. The fourth-order valence-electron chi connectivity index (χ4n) is 2.04. The lowest BCUT2D eigenvalue weighted by molar-refractivity contribution is -0.134. The monoisotopic (exact) mass is 319 g/mol. The standard InChI is InChI=1S/C18H22FNO3/c1-4-7-15(13-21)20(3)18(22)8-5-6-11-23-17-10-9-14(2)12-16(17)19/h1,9-10,12-13,15H,5-8,11H2,2-3H3. The molecule has 1 aromatic rings. The van der Waals surface area contributed by atoms with Crippen LogP contribution in [0.5, 0.6) is 5.75 Å². The third-order valence-corrected chi connectivity index (χ3v) is 3.50. The van der Waals surface area contributed by atoms with Gasteiger partial charge in [0.05, 0.1) is 12.6 Å². The Morgan fingerprint density at radius 3 is 2.83 bits per heavy atom. The van der Waals surface area contributed by atoms with Gasteiger partial charge in [-0.15, -0.1) is 12.3 Å². The zero-order valence-electron chi connectivity index (χ0n) is 13.5. The Balaban J connectivity index is 2.30. The summed E-state index contributed by atoms with van der Waals surface area (Å²) >= 11 is 0. The third-order valence-electron chi connectivity index (χ3n) is 3.50. The van der Waals surface area contributed by atoms with Crippen LogP contribution in [0.1, 0.15) is 31.2 Å². The van der Waals surface area contributed by atoms with Crippen molar-refractivity contribution in [2.45, 2.75) is 38.6 Å². The largest absolute Gasteiger partial charge is 0.491 e. The number of rotatable bonds is 9. The van der Waals surface area contributed by atoms with Crippen LogP contribution in [-0.2, 0) is 9.59 Å². The molecule has 1 aromatic carbocycles. The number of hydrogen-bond donors (Lipinski definition) is 0. The number of aldehydes is 1. The van der Waals surface area contributed by atoms with Gasteiger partial charge in [-0.1, -0.05) is 6.07 Å². The molecule has 124 valence electrons. The summed E-state index contributed by atoms with van der Waals surface area (Å²) in [5, 5.41) is 0. The lowest BCUT2D eigenvalue weighted by Crippen LogP contribution is -2.37. The first-order valence-corrected chi connectivity index (χ1v) is 7.53. The lowest BCUT2D eigenvalue weighted by Gasteiger charge is -2.22. The highest BCUT2D eigenvalue weighted by Gasteiger charge is 2.17. The van der Waals surface area contributed by atoms with E-state index < -0.39 is 6.04 Å². The minimum Gasteiger partial charge on any atom is -0.491 e. The number of amides is 1. The van der Waals surface area contributed by atoms with E-state index >= 15 is 0 Å². The quantitative estimate of drug-likeness (QED) is 0.399. The number of benzene rings is 1. The van der Waals surface area contributed by atoms with Crippen molar-refractivity contribution in [2.75, 3.05) is 13.7 Å². The summed E-state index contributed by atoms with van der Waals surface area (Å²) in [6.45, 7) is 2.14. The van der Waals surface area contributed by atoms with E-state index in [0.717, 1.165) is 5.56 Å². The van der Waals surface area contributed by atoms with E-state index in [1.165, 1.54) is 11.0 Å². The zero-order valence-corrected chi connectivity index (χ0v) is 13.5. The predicted octanol–water partition coefficient (Wildman–Crippen LogP) is 2.73. The van der Waals surface area contributed by atoms with E-state index in [2.05, 4.69) is 5.92 Å². The highest BCUT2D eigenvalue weighted by Crippen LogP contribution is 2.18. The van der Waals surface area contributed by atoms with Gasteiger partial charge in [0.2, 0.25) is 5.91 Å². The number of hydrogen-bond acceptors (Lipinski definition) is 3. The van der Waals surface area contributed by atoms with Gasteiger partial charge in [-0.05, 0) is 37.5 Å². The lowest BCUT2D eigenvalue weighted by atomic mass is 10.1. The SMILES string of the molecule is C#CCC(C=O)N(C)C(=O)CCCCOc1ccc(C)cc1F. The first kappa shape index (κ1) is 18.7. The van der Waals surface area contributed by atoms with E-state index in [1.54, 1.807) is 19.2 Å². The molecule has 0 fully saturated rings. The van der Waals surface area contributed by atoms with Crippen molar-refractivity contribution >= 4 is 12.2 Å². The molecular formula is C18H22FNO3. The maximum atomic E-state index is 13.6. The third kappa shape index (κ3) is 6.11. The van der Waals surface area contributed by atoms with Gasteiger partial charge in [0.25, 0.3) is 0 Å². The Kier molecular flexibility index (Phi) is 7.82. The molecule has 0 radical (unpaired) electrons. The molecule has 0 saturated heterocycles. The highest BCUT2D eigenvalue weighted by molar-refractivity contribution is 5.79. The van der Waals surface area contributed by atoms with Crippen molar-refractivity contribution in [3.05, 3.63) is 29.6 Å². The van der Waals surface area contributed by atoms with Crippen molar-refractivity contribution in [2.24, 2.45) is 0 Å². The van der Waals surface area contributed by atoms with Gasteiger partial charge in [0.15, 0.2) is 11.6 Å². The van der Waals surface area contributed by atoms with E-state index in [4.69, 9.17) is 11.2 Å². The van der Waals surface area contributed by atoms with Crippen LogP contribution >= 0.6 is 0 Å².